The number of hydrogen-bond donors (Lipinski definition) is 0. The maximum atomic E-state index is 11.3. The number of methoxy groups -OCH3 is 1. The average Bonchev–Trinajstić information content (AvgIpc) is 2.12. The van der Waals surface area contributed by atoms with Gasteiger partial charge in [0.15, 0.2) is 0 Å². The second kappa shape index (κ2) is 5.20. The number of likely N-dealkylation sites (N-methyl/N-ethyl adjacent to an activating group) is 1. The third-order valence-corrected chi connectivity index (χ3v) is 2.13. The molecular weight excluding hydrogens is 182 g/mol. The number of ether oxygens (including phenoxy) is 2. The Bertz CT molecular complexity index is 190. The van der Waals surface area contributed by atoms with Crippen molar-refractivity contribution in [2.24, 2.45) is 0 Å². The van der Waals surface area contributed by atoms with E-state index in [1.54, 1.807) is 7.05 Å². The number of hydrogen-bond acceptors (Lipinski definition) is 3. The lowest BCUT2D eigenvalue weighted by Crippen LogP contribution is -2.48. The van der Waals surface area contributed by atoms with Crippen LogP contribution in [-0.2, 0) is 9.47 Å². The third kappa shape index (κ3) is 3.96. The molecule has 0 N–H and O–H groups in total. The van der Waals surface area contributed by atoms with Crippen molar-refractivity contribution in [1.82, 2.24) is 4.90 Å². The van der Waals surface area contributed by atoms with Gasteiger partial charge >= 0.3 is 6.09 Å². The van der Waals surface area contributed by atoms with Gasteiger partial charge in [-0.2, -0.15) is 0 Å². The predicted octanol–water partition coefficient (Wildman–Crippen LogP) is 1.89. The van der Waals surface area contributed by atoms with Crippen molar-refractivity contribution in [3.8, 4) is 0 Å². The van der Waals surface area contributed by atoms with Gasteiger partial charge in [0.25, 0.3) is 0 Å². The lowest BCUT2D eigenvalue weighted by molar-refractivity contribution is -0.00282. The van der Waals surface area contributed by atoms with Crippen molar-refractivity contribution in [2.45, 2.75) is 39.3 Å². The first-order valence-corrected chi connectivity index (χ1v) is 4.74. The molecule has 0 aliphatic rings. The summed E-state index contributed by atoms with van der Waals surface area (Å²) in [4.78, 5) is 12.8. The highest BCUT2D eigenvalue weighted by molar-refractivity contribution is 5.68. The van der Waals surface area contributed by atoms with E-state index in [1.165, 1.54) is 12.0 Å². The van der Waals surface area contributed by atoms with Crippen LogP contribution in [0.15, 0.2) is 0 Å². The Kier molecular flexibility index (Phi) is 4.91. The van der Waals surface area contributed by atoms with Crippen LogP contribution in [0.2, 0.25) is 0 Å². The number of carbonyl (C=O) groups excluding carboxylic acids is 1. The lowest BCUT2D eigenvalue weighted by Gasteiger charge is -2.34. The predicted molar refractivity (Wildman–Crippen MR) is 55.3 cm³/mol. The fourth-order valence-electron chi connectivity index (χ4n) is 0.851. The van der Waals surface area contributed by atoms with E-state index >= 15 is 0 Å². The SMILES string of the molecule is COC(=O)N(C)C(C)(C)COC(C)C. The van der Waals surface area contributed by atoms with Crippen molar-refractivity contribution >= 4 is 6.09 Å². The maximum Gasteiger partial charge on any atom is 0.409 e. The third-order valence-electron chi connectivity index (χ3n) is 2.13. The Hall–Kier alpha value is -0.770. The highest BCUT2D eigenvalue weighted by atomic mass is 16.5. The van der Waals surface area contributed by atoms with Crippen LogP contribution in [0.3, 0.4) is 0 Å². The molecule has 0 aromatic heterocycles. The minimum absolute atomic E-state index is 0.167. The average molecular weight is 203 g/mol. The van der Waals surface area contributed by atoms with E-state index in [0.717, 1.165) is 0 Å². The van der Waals surface area contributed by atoms with E-state index in [0.29, 0.717) is 6.61 Å². The van der Waals surface area contributed by atoms with Crippen LogP contribution in [0.4, 0.5) is 4.79 Å². The van der Waals surface area contributed by atoms with E-state index in [2.05, 4.69) is 4.74 Å². The minimum Gasteiger partial charge on any atom is -0.453 e. The van der Waals surface area contributed by atoms with Crippen LogP contribution in [0.5, 0.6) is 0 Å². The molecule has 0 radical (unpaired) electrons. The first-order valence-electron chi connectivity index (χ1n) is 4.74. The summed E-state index contributed by atoms with van der Waals surface area (Å²) in [5.74, 6) is 0. The van der Waals surface area contributed by atoms with Crippen molar-refractivity contribution in [3.63, 3.8) is 0 Å². The molecule has 0 aliphatic carbocycles. The first kappa shape index (κ1) is 13.2. The zero-order chi connectivity index (χ0) is 11.4. The number of amides is 1. The zero-order valence-electron chi connectivity index (χ0n) is 9.96. The summed E-state index contributed by atoms with van der Waals surface area (Å²) >= 11 is 0. The molecule has 0 rings (SSSR count). The van der Waals surface area contributed by atoms with E-state index in [4.69, 9.17) is 4.74 Å². The van der Waals surface area contributed by atoms with Crippen molar-refractivity contribution in [3.05, 3.63) is 0 Å². The van der Waals surface area contributed by atoms with Crippen LogP contribution in [-0.4, -0.2) is 43.4 Å². The largest absolute Gasteiger partial charge is 0.453 e. The summed E-state index contributed by atoms with van der Waals surface area (Å²) in [6.45, 7) is 8.30. The molecule has 1 amide bonds. The Morgan fingerprint density at radius 1 is 1.43 bits per heavy atom. The summed E-state index contributed by atoms with van der Waals surface area (Å²) in [6.07, 6.45) is -0.178. The fraction of sp³-hybridized carbons (Fsp3) is 0.900. The van der Waals surface area contributed by atoms with Gasteiger partial charge in [0.2, 0.25) is 0 Å². The Labute approximate surface area is 86.2 Å². The Morgan fingerprint density at radius 2 is 1.93 bits per heavy atom. The normalized spacial score (nSPS) is 11.6. The first-order chi connectivity index (χ1) is 6.31. The highest BCUT2D eigenvalue weighted by Crippen LogP contribution is 2.14. The summed E-state index contributed by atoms with van der Waals surface area (Å²) in [6, 6.07) is 0. The molecule has 0 saturated heterocycles. The minimum atomic E-state index is -0.350. The van der Waals surface area contributed by atoms with Gasteiger partial charge in [0.05, 0.1) is 25.4 Å². The van der Waals surface area contributed by atoms with Crippen LogP contribution in [0.25, 0.3) is 0 Å². The van der Waals surface area contributed by atoms with Gasteiger partial charge in [-0.25, -0.2) is 4.79 Å². The van der Waals surface area contributed by atoms with Crippen molar-refractivity contribution < 1.29 is 14.3 Å². The van der Waals surface area contributed by atoms with E-state index < -0.39 is 0 Å². The molecule has 0 aromatic rings. The lowest BCUT2D eigenvalue weighted by atomic mass is 10.1. The van der Waals surface area contributed by atoms with E-state index in [1.807, 2.05) is 27.7 Å². The topological polar surface area (TPSA) is 38.8 Å². The van der Waals surface area contributed by atoms with Crippen LogP contribution in [0.1, 0.15) is 27.7 Å². The van der Waals surface area contributed by atoms with Crippen LogP contribution < -0.4 is 0 Å². The summed E-state index contributed by atoms with van der Waals surface area (Å²) in [5, 5.41) is 0. The molecule has 0 atom stereocenters. The van der Waals surface area contributed by atoms with Crippen molar-refractivity contribution in [1.29, 1.82) is 0 Å². The van der Waals surface area contributed by atoms with Gasteiger partial charge in [-0.1, -0.05) is 0 Å². The molecule has 4 nitrogen and oxygen atoms in total. The smallest absolute Gasteiger partial charge is 0.409 e. The van der Waals surface area contributed by atoms with Crippen LogP contribution in [0, 0.1) is 0 Å². The number of nitrogens with zero attached hydrogens (tertiary/aromatic N) is 1. The molecule has 0 unspecified atom stereocenters. The molecule has 0 spiro atoms. The van der Waals surface area contributed by atoms with Crippen molar-refractivity contribution in [2.75, 3.05) is 20.8 Å². The summed E-state index contributed by atoms with van der Waals surface area (Å²) < 4.78 is 10.1. The molecule has 84 valence electrons. The summed E-state index contributed by atoms with van der Waals surface area (Å²) in [5.41, 5.74) is -0.350. The van der Waals surface area contributed by atoms with Gasteiger partial charge < -0.3 is 14.4 Å². The summed E-state index contributed by atoms with van der Waals surface area (Å²) in [7, 11) is 3.08. The molecule has 4 heteroatoms. The molecular formula is C10H21NO3. The van der Waals surface area contributed by atoms with E-state index in [9.17, 15) is 4.79 Å². The van der Waals surface area contributed by atoms with Gasteiger partial charge in [-0.15, -0.1) is 0 Å². The molecule has 0 fully saturated rings. The Balaban J connectivity index is 4.22. The van der Waals surface area contributed by atoms with Crippen LogP contribution >= 0.6 is 0 Å². The molecule has 0 aromatic carbocycles. The molecule has 0 heterocycles. The highest BCUT2D eigenvalue weighted by Gasteiger charge is 2.28. The second-order valence-corrected chi connectivity index (χ2v) is 4.20. The fourth-order valence-corrected chi connectivity index (χ4v) is 0.851. The van der Waals surface area contributed by atoms with Gasteiger partial charge in [0.1, 0.15) is 0 Å². The quantitative estimate of drug-likeness (QED) is 0.700. The van der Waals surface area contributed by atoms with Gasteiger partial charge in [-0.05, 0) is 27.7 Å². The maximum absolute atomic E-state index is 11.3. The zero-order valence-corrected chi connectivity index (χ0v) is 9.96. The standard InChI is InChI=1S/C10H21NO3/c1-8(2)14-7-10(3,4)11(5)9(12)13-6/h8H,7H2,1-6H3. The molecule has 0 bridgehead atoms. The van der Waals surface area contributed by atoms with E-state index in [-0.39, 0.29) is 17.7 Å². The Morgan fingerprint density at radius 3 is 2.29 bits per heavy atom. The van der Waals surface area contributed by atoms with Gasteiger partial charge in [-0.3, -0.25) is 0 Å². The molecule has 0 saturated carbocycles. The molecule has 0 aliphatic heterocycles. The monoisotopic (exact) mass is 203 g/mol. The number of carbonyl (C=O) groups is 1. The molecule has 14 heavy (non-hydrogen) atoms. The van der Waals surface area contributed by atoms with Gasteiger partial charge in [0, 0.05) is 7.05 Å². The number of rotatable bonds is 4. The second-order valence-electron chi connectivity index (χ2n) is 4.20.